The summed E-state index contributed by atoms with van der Waals surface area (Å²) in [4.78, 5) is 15.1. The quantitative estimate of drug-likeness (QED) is 0.510. The highest BCUT2D eigenvalue weighted by molar-refractivity contribution is 7.92. The number of rotatable bonds is 6. The van der Waals surface area contributed by atoms with Crippen molar-refractivity contribution in [1.82, 2.24) is 4.90 Å². The van der Waals surface area contributed by atoms with E-state index in [0.717, 1.165) is 11.1 Å². The number of hydrogen-bond acceptors (Lipinski definition) is 5. The molecule has 0 spiro atoms. The standard InChI is InChI=1S/C22H20Cl2N2O4S2/c23-18-6-3-16(13-19(18)24)15-1-4-17(5-2-15)32(28,29)25-20-7-12-31-21(20)14-22(27)26-8-10-30-11-9-26/h1-7,12-13,25H,8-11,14H2. The maximum atomic E-state index is 12.9. The molecular weight excluding hydrogens is 491 g/mol. The number of thiophene rings is 1. The summed E-state index contributed by atoms with van der Waals surface area (Å²) >= 11 is 13.4. The van der Waals surface area contributed by atoms with Gasteiger partial charge in [-0.3, -0.25) is 9.52 Å². The van der Waals surface area contributed by atoms with Gasteiger partial charge in [-0.1, -0.05) is 41.4 Å². The molecule has 1 amide bonds. The molecule has 0 radical (unpaired) electrons. The summed E-state index contributed by atoms with van der Waals surface area (Å²) in [6, 6.07) is 13.4. The molecule has 0 saturated carbocycles. The molecule has 10 heteroatoms. The Hall–Kier alpha value is -2.10. The average molecular weight is 511 g/mol. The van der Waals surface area contributed by atoms with E-state index in [4.69, 9.17) is 27.9 Å². The second kappa shape index (κ2) is 9.80. The number of nitrogens with zero attached hydrogens (tertiary/aromatic N) is 1. The number of sulfonamides is 1. The molecule has 168 valence electrons. The van der Waals surface area contributed by atoms with Crippen LogP contribution >= 0.6 is 34.5 Å². The number of hydrogen-bond donors (Lipinski definition) is 1. The topological polar surface area (TPSA) is 75.7 Å². The summed E-state index contributed by atoms with van der Waals surface area (Å²) in [5, 5.41) is 2.66. The van der Waals surface area contributed by atoms with E-state index in [1.165, 1.54) is 23.5 Å². The molecule has 6 nitrogen and oxygen atoms in total. The highest BCUT2D eigenvalue weighted by Gasteiger charge is 2.21. The van der Waals surface area contributed by atoms with Gasteiger partial charge in [0.2, 0.25) is 5.91 Å². The van der Waals surface area contributed by atoms with Gasteiger partial charge in [0.15, 0.2) is 0 Å². The van der Waals surface area contributed by atoms with Gasteiger partial charge in [0.1, 0.15) is 0 Å². The van der Waals surface area contributed by atoms with E-state index in [2.05, 4.69) is 4.72 Å². The minimum atomic E-state index is -3.82. The van der Waals surface area contributed by atoms with Crippen molar-refractivity contribution in [2.24, 2.45) is 0 Å². The lowest BCUT2D eigenvalue weighted by Gasteiger charge is -2.26. The van der Waals surface area contributed by atoms with Gasteiger partial charge >= 0.3 is 0 Å². The van der Waals surface area contributed by atoms with Crippen LogP contribution in [0.1, 0.15) is 4.88 Å². The van der Waals surface area contributed by atoms with Gasteiger partial charge in [-0.2, -0.15) is 0 Å². The molecule has 1 N–H and O–H groups in total. The Morgan fingerprint density at radius 2 is 1.69 bits per heavy atom. The van der Waals surface area contributed by atoms with E-state index in [1.807, 2.05) is 6.07 Å². The van der Waals surface area contributed by atoms with Crippen molar-refractivity contribution in [2.75, 3.05) is 31.0 Å². The first kappa shape index (κ1) is 23.1. The monoisotopic (exact) mass is 510 g/mol. The third-order valence-electron chi connectivity index (χ3n) is 5.08. The fourth-order valence-corrected chi connectivity index (χ4v) is 5.61. The molecule has 32 heavy (non-hydrogen) atoms. The Balaban J connectivity index is 1.48. The fourth-order valence-electron chi connectivity index (χ4n) is 3.34. The number of amides is 1. The number of ether oxygens (including phenoxy) is 1. The van der Waals surface area contributed by atoms with Crippen LogP contribution in [0.15, 0.2) is 58.8 Å². The number of anilines is 1. The van der Waals surface area contributed by atoms with Crippen LogP contribution in [0.3, 0.4) is 0 Å². The number of carbonyl (C=O) groups excluding carboxylic acids is 1. The maximum absolute atomic E-state index is 12.9. The van der Waals surface area contributed by atoms with Gasteiger partial charge in [-0.05, 0) is 46.8 Å². The summed E-state index contributed by atoms with van der Waals surface area (Å²) in [7, 11) is -3.82. The zero-order valence-corrected chi connectivity index (χ0v) is 20.0. The van der Waals surface area contributed by atoms with Crippen LogP contribution in [0.25, 0.3) is 11.1 Å². The van der Waals surface area contributed by atoms with Gasteiger partial charge in [-0.15, -0.1) is 11.3 Å². The normalized spacial score (nSPS) is 14.4. The maximum Gasteiger partial charge on any atom is 0.261 e. The predicted octanol–water partition coefficient (Wildman–Crippen LogP) is 4.92. The van der Waals surface area contributed by atoms with Crippen molar-refractivity contribution in [3.63, 3.8) is 0 Å². The summed E-state index contributed by atoms with van der Waals surface area (Å²) < 4.78 is 33.7. The lowest BCUT2D eigenvalue weighted by Crippen LogP contribution is -2.41. The van der Waals surface area contributed by atoms with Crippen LogP contribution in [0.2, 0.25) is 10.0 Å². The van der Waals surface area contributed by atoms with Crippen molar-refractivity contribution < 1.29 is 17.9 Å². The molecule has 0 aliphatic carbocycles. The zero-order valence-electron chi connectivity index (χ0n) is 16.9. The second-order valence-electron chi connectivity index (χ2n) is 7.19. The first-order valence-corrected chi connectivity index (χ1v) is 13.0. The van der Waals surface area contributed by atoms with E-state index in [1.54, 1.807) is 40.6 Å². The molecule has 1 fully saturated rings. The molecule has 0 unspecified atom stereocenters. The number of halogens is 2. The van der Waals surface area contributed by atoms with Gasteiger partial charge in [0.05, 0.1) is 40.3 Å². The van der Waals surface area contributed by atoms with Crippen LogP contribution in [-0.2, 0) is 26.0 Å². The van der Waals surface area contributed by atoms with E-state index in [9.17, 15) is 13.2 Å². The summed E-state index contributed by atoms with van der Waals surface area (Å²) in [6.45, 7) is 2.15. The summed E-state index contributed by atoms with van der Waals surface area (Å²) in [5.41, 5.74) is 2.07. The molecule has 1 aromatic heterocycles. The van der Waals surface area contributed by atoms with Crippen LogP contribution < -0.4 is 4.72 Å². The Morgan fingerprint density at radius 3 is 2.38 bits per heavy atom. The SMILES string of the molecule is O=C(Cc1sccc1NS(=O)(=O)c1ccc(-c2ccc(Cl)c(Cl)c2)cc1)N1CCOCC1. The summed E-state index contributed by atoms with van der Waals surface area (Å²) in [5.74, 6) is -0.0397. The van der Waals surface area contributed by atoms with E-state index >= 15 is 0 Å². The molecule has 1 aliphatic rings. The lowest BCUT2D eigenvalue weighted by atomic mass is 10.1. The first-order chi connectivity index (χ1) is 15.3. The number of carbonyl (C=O) groups is 1. The fraction of sp³-hybridized carbons (Fsp3) is 0.227. The average Bonchev–Trinajstić information content (AvgIpc) is 3.22. The van der Waals surface area contributed by atoms with Crippen molar-refractivity contribution >= 4 is 56.2 Å². The number of nitrogens with one attached hydrogen (secondary N) is 1. The lowest BCUT2D eigenvalue weighted by molar-refractivity contribution is -0.134. The van der Waals surface area contributed by atoms with Gasteiger partial charge < -0.3 is 9.64 Å². The molecule has 1 saturated heterocycles. The molecule has 1 aliphatic heterocycles. The van der Waals surface area contributed by atoms with Crippen LogP contribution in [-0.4, -0.2) is 45.5 Å². The van der Waals surface area contributed by atoms with Crippen molar-refractivity contribution in [3.8, 4) is 11.1 Å². The molecule has 4 rings (SSSR count). The van der Waals surface area contributed by atoms with E-state index in [-0.39, 0.29) is 17.2 Å². The van der Waals surface area contributed by atoms with Crippen LogP contribution in [0.5, 0.6) is 0 Å². The van der Waals surface area contributed by atoms with Crippen molar-refractivity contribution in [1.29, 1.82) is 0 Å². The Bertz CT molecular complexity index is 1220. The minimum Gasteiger partial charge on any atom is -0.378 e. The Kier molecular flexibility index (Phi) is 7.07. The molecule has 0 bridgehead atoms. The number of benzene rings is 2. The second-order valence-corrected chi connectivity index (χ2v) is 10.7. The predicted molar refractivity (Wildman–Crippen MR) is 128 cm³/mol. The third-order valence-corrected chi connectivity index (χ3v) is 8.12. The number of morpholine rings is 1. The minimum absolute atomic E-state index is 0.0397. The molecule has 2 heterocycles. The highest BCUT2D eigenvalue weighted by atomic mass is 35.5. The largest absolute Gasteiger partial charge is 0.378 e. The van der Waals surface area contributed by atoms with E-state index in [0.29, 0.717) is 46.9 Å². The molecule has 0 atom stereocenters. The highest BCUT2D eigenvalue weighted by Crippen LogP contribution is 2.30. The van der Waals surface area contributed by atoms with Gasteiger partial charge in [0.25, 0.3) is 10.0 Å². The van der Waals surface area contributed by atoms with Crippen LogP contribution in [0, 0.1) is 0 Å². The Labute approximate surface area is 200 Å². The molecule has 2 aromatic carbocycles. The molecule has 3 aromatic rings. The van der Waals surface area contributed by atoms with E-state index < -0.39 is 10.0 Å². The van der Waals surface area contributed by atoms with Crippen LogP contribution in [0.4, 0.5) is 5.69 Å². The molecular formula is C22H20Cl2N2O4S2. The summed E-state index contributed by atoms with van der Waals surface area (Å²) in [6.07, 6.45) is 0.145. The smallest absolute Gasteiger partial charge is 0.261 e. The Morgan fingerprint density at radius 1 is 1.00 bits per heavy atom. The van der Waals surface area contributed by atoms with Crippen molar-refractivity contribution in [3.05, 3.63) is 68.8 Å². The van der Waals surface area contributed by atoms with Gasteiger partial charge in [0, 0.05) is 18.0 Å². The van der Waals surface area contributed by atoms with Gasteiger partial charge in [-0.25, -0.2) is 8.42 Å². The third kappa shape index (κ3) is 5.27. The van der Waals surface area contributed by atoms with Crippen molar-refractivity contribution in [2.45, 2.75) is 11.3 Å². The first-order valence-electron chi connectivity index (χ1n) is 9.84. The zero-order chi connectivity index (χ0) is 22.7.